The molecule has 2 aliphatic rings. The zero-order valence-electron chi connectivity index (χ0n) is 27.8. The Morgan fingerprint density at radius 2 is 1.17 bits per heavy atom. The zero-order chi connectivity index (χ0) is 31.5. The van der Waals surface area contributed by atoms with Crippen LogP contribution in [-0.2, 0) is 10.8 Å². The van der Waals surface area contributed by atoms with Crippen molar-refractivity contribution in [3.63, 3.8) is 0 Å². The average molecular weight is 593 g/mol. The molecular formula is C46H40. The van der Waals surface area contributed by atoms with E-state index in [-0.39, 0.29) is 10.8 Å². The van der Waals surface area contributed by atoms with Gasteiger partial charge in [0.25, 0.3) is 0 Å². The first-order chi connectivity index (χ1) is 22.1. The molecule has 0 amide bonds. The van der Waals surface area contributed by atoms with E-state index in [1.54, 1.807) is 5.57 Å². The standard InChI is InChI=1S/C46H40/c1-27-7-17-38-39-19-15-32(26-42(39)46(5,6)41(38)21-27)30-9-10-31-23-33(12-11-29(31)22-30)37-18-14-28-8-13-34-24-36(45(2,3)4)25-35-16-20-40(37)44(28)43(34)35/h7-20,22-27H,21H2,1-6H3. The van der Waals surface area contributed by atoms with Crippen molar-refractivity contribution in [2.75, 3.05) is 0 Å². The number of hydrogen-bond acceptors (Lipinski definition) is 0. The Bertz CT molecular complexity index is 2440. The Kier molecular flexibility index (Phi) is 5.66. The minimum atomic E-state index is 0.0704. The molecule has 0 fully saturated rings. The molecule has 0 heteroatoms. The topological polar surface area (TPSA) is 0 Å². The molecule has 0 saturated carbocycles. The summed E-state index contributed by atoms with van der Waals surface area (Å²) in [5.74, 6) is 0.611. The van der Waals surface area contributed by atoms with Crippen LogP contribution in [0.5, 0.6) is 0 Å². The number of rotatable bonds is 2. The summed E-state index contributed by atoms with van der Waals surface area (Å²) in [6.45, 7) is 14.1. The Morgan fingerprint density at radius 3 is 1.93 bits per heavy atom. The lowest BCUT2D eigenvalue weighted by Crippen LogP contribution is -2.19. The van der Waals surface area contributed by atoms with Gasteiger partial charge in [-0.25, -0.2) is 0 Å². The van der Waals surface area contributed by atoms with Crippen LogP contribution in [-0.4, -0.2) is 0 Å². The van der Waals surface area contributed by atoms with Gasteiger partial charge in [0, 0.05) is 5.41 Å². The SMILES string of the molecule is CC1C=CC2=C(C1)C(C)(C)c1cc(-c3ccc4cc(-c5ccc6ccc7cc(C(C)(C)C)cc8ccc5c6c78)ccc4c3)ccc12. The van der Waals surface area contributed by atoms with Crippen LogP contribution >= 0.6 is 0 Å². The smallest absolute Gasteiger partial charge is 0.0121 e. The van der Waals surface area contributed by atoms with Gasteiger partial charge in [-0.05, 0) is 124 Å². The molecular weight excluding hydrogens is 553 g/mol. The lowest BCUT2D eigenvalue weighted by atomic mass is 9.76. The van der Waals surface area contributed by atoms with E-state index < -0.39 is 0 Å². The summed E-state index contributed by atoms with van der Waals surface area (Å²) in [5, 5.41) is 10.6. The van der Waals surface area contributed by atoms with Crippen molar-refractivity contribution in [3.05, 3.63) is 138 Å². The highest BCUT2D eigenvalue weighted by Crippen LogP contribution is 2.52. The third-order valence-electron chi connectivity index (χ3n) is 11.1. The summed E-state index contributed by atoms with van der Waals surface area (Å²) < 4.78 is 0. The zero-order valence-corrected chi connectivity index (χ0v) is 27.8. The average Bonchev–Trinajstić information content (AvgIpc) is 3.27. The van der Waals surface area contributed by atoms with Gasteiger partial charge in [-0.15, -0.1) is 0 Å². The monoisotopic (exact) mass is 592 g/mol. The van der Waals surface area contributed by atoms with Crippen LogP contribution in [0.25, 0.3) is 70.9 Å². The fourth-order valence-corrected chi connectivity index (χ4v) is 8.44. The summed E-state index contributed by atoms with van der Waals surface area (Å²) in [6.07, 6.45) is 5.90. The molecule has 0 spiro atoms. The van der Waals surface area contributed by atoms with Gasteiger partial charge in [-0.1, -0.05) is 144 Å². The maximum Gasteiger partial charge on any atom is 0.0121 e. The molecule has 0 heterocycles. The van der Waals surface area contributed by atoms with E-state index in [4.69, 9.17) is 0 Å². The Balaban J connectivity index is 1.12. The van der Waals surface area contributed by atoms with E-state index in [0.29, 0.717) is 5.92 Å². The predicted molar refractivity (Wildman–Crippen MR) is 200 cm³/mol. The second kappa shape index (κ2) is 9.43. The molecule has 46 heavy (non-hydrogen) atoms. The molecule has 0 N–H and O–H groups in total. The lowest BCUT2D eigenvalue weighted by Gasteiger charge is -2.28. The molecule has 1 atom stereocenters. The van der Waals surface area contributed by atoms with Gasteiger partial charge in [0.2, 0.25) is 0 Å². The Labute approximate surface area is 272 Å². The molecule has 7 aromatic rings. The van der Waals surface area contributed by atoms with Gasteiger partial charge >= 0.3 is 0 Å². The van der Waals surface area contributed by atoms with Crippen molar-refractivity contribution in [1.29, 1.82) is 0 Å². The first-order valence-electron chi connectivity index (χ1n) is 16.9. The van der Waals surface area contributed by atoms with Crippen molar-refractivity contribution in [1.82, 2.24) is 0 Å². The number of allylic oxidation sites excluding steroid dienone is 4. The predicted octanol–water partition coefficient (Wildman–Crippen LogP) is 13.0. The van der Waals surface area contributed by atoms with Crippen LogP contribution in [0.3, 0.4) is 0 Å². The normalized spacial score (nSPS) is 17.5. The largest absolute Gasteiger partial charge is 0.0808 e. The van der Waals surface area contributed by atoms with Crippen LogP contribution in [0.4, 0.5) is 0 Å². The van der Waals surface area contributed by atoms with Gasteiger partial charge < -0.3 is 0 Å². The Morgan fingerprint density at radius 1 is 0.587 bits per heavy atom. The summed E-state index contributed by atoms with van der Waals surface area (Å²) in [7, 11) is 0. The summed E-state index contributed by atoms with van der Waals surface area (Å²) >= 11 is 0. The van der Waals surface area contributed by atoms with E-state index in [2.05, 4.69) is 157 Å². The van der Waals surface area contributed by atoms with Crippen molar-refractivity contribution in [3.8, 4) is 22.3 Å². The van der Waals surface area contributed by atoms with Gasteiger partial charge in [0.15, 0.2) is 0 Å². The molecule has 7 aromatic carbocycles. The minimum Gasteiger partial charge on any atom is -0.0808 e. The van der Waals surface area contributed by atoms with Crippen molar-refractivity contribution in [2.45, 2.75) is 58.8 Å². The molecule has 0 bridgehead atoms. The second-order valence-corrected chi connectivity index (χ2v) is 15.5. The van der Waals surface area contributed by atoms with Crippen molar-refractivity contribution in [2.24, 2.45) is 5.92 Å². The number of hydrogen-bond donors (Lipinski definition) is 0. The molecule has 0 aromatic heterocycles. The van der Waals surface area contributed by atoms with E-state index in [1.165, 1.54) is 87.6 Å². The highest BCUT2D eigenvalue weighted by atomic mass is 14.4. The van der Waals surface area contributed by atoms with Crippen LogP contribution in [0.1, 0.15) is 64.7 Å². The van der Waals surface area contributed by atoms with Gasteiger partial charge in [-0.3, -0.25) is 0 Å². The number of fused-ring (bicyclic) bond motifs is 3. The van der Waals surface area contributed by atoms with Crippen molar-refractivity contribution >= 4 is 48.7 Å². The molecule has 0 radical (unpaired) electrons. The fourth-order valence-electron chi connectivity index (χ4n) is 8.44. The van der Waals surface area contributed by atoms with E-state index in [1.807, 2.05) is 0 Å². The van der Waals surface area contributed by atoms with E-state index in [9.17, 15) is 0 Å². The molecule has 2 aliphatic carbocycles. The fraction of sp³-hybridized carbons (Fsp3) is 0.217. The van der Waals surface area contributed by atoms with Crippen LogP contribution in [0, 0.1) is 5.92 Å². The first-order valence-corrected chi connectivity index (χ1v) is 16.9. The van der Waals surface area contributed by atoms with E-state index in [0.717, 1.165) is 6.42 Å². The quantitative estimate of drug-likeness (QED) is 0.175. The van der Waals surface area contributed by atoms with E-state index >= 15 is 0 Å². The molecule has 1 unspecified atom stereocenters. The molecule has 9 rings (SSSR count). The summed E-state index contributed by atoms with van der Waals surface area (Å²) in [5.41, 5.74) is 12.7. The molecule has 0 saturated heterocycles. The maximum absolute atomic E-state index is 2.46. The highest BCUT2D eigenvalue weighted by Gasteiger charge is 2.38. The minimum absolute atomic E-state index is 0.0704. The third kappa shape index (κ3) is 3.99. The first kappa shape index (κ1) is 27.6. The molecule has 0 nitrogen and oxygen atoms in total. The lowest BCUT2D eigenvalue weighted by molar-refractivity contribution is 0.566. The molecule has 224 valence electrons. The molecule has 0 aliphatic heterocycles. The third-order valence-corrected chi connectivity index (χ3v) is 11.1. The van der Waals surface area contributed by atoms with Gasteiger partial charge in [-0.2, -0.15) is 0 Å². The van der Waals surface area contributed by atoms with Gasteiger partial charge in [0.05, 0.1) is 0 Å². The summed E-state index contributed by atoms with van der Waals surface area (Å²) in [6, 6.07) is 39.8. The second-order valence-electron chi connectivity index (χ2n) is 15.5. The van der Waals surface area contributed by atoms with Crippen LogP contribution < -0.4 is 0 Å². The summed E-state index contributed by atoms with van der Waals surface area (Å²) in [4.78, 5) is 0. The van der Waals surface area contributed by atoms with Crippen LogP contribution in [0.15, 0.2) is 121 Å². The highest BCUT2D eigenvalue weighted by molar-refractivity contribution is 6.25. The van der Waals surface area contributed by atoms with Crippen LogP contribution in [0.2, 0.25) is 0 Å². The van der Waals surface area contributed by atoms with Crippen molar-refractivity contribution < 1.29 is 0 Å². The van der Waals surface area contributed by atoms with Gasteiger partial charge in [0.1, 0.15) is 0 Å². The number of benzene rings is 7. The maximum atomic E-state index is 2.46. The Hall–Kier alpha value is -4.68.